The van der Waals surface area contributed by atoms with Crippen molar-refractivity contribution in [3.05, 3.63) is 40.8 Å². The van der Waals surface area contributed by atoms with Gasteiger partial charge < -0.3 is 5.43 Å². The number of hydrogen-bond donors (Lipinski definition) is 2. The summed E-state index contributed by atoms with van der Waals surface area (Å²) in [5.74, 6) is 5.20. The minimum absolute atomic E-state index is 0.0108. The van der Waals surface area contributed by atoms with Gasteiger partial charge in [0.25, 0.3) is 0 Å². The van der Waals surface area contributed by atoms with Crippen LogP contribution in [0.2, 0.25) is 0 Å². The van der Waals surface area contributed by atoms with Crippen molar-refractivity contribution in [2.45, 2.75) is 20.8 Å². The smallest absolute Gasteiger partial charge is 0.187 e. The van der Waals surface area contributed by atoms with Crippen LogP contribution in [0.4, 0.5) is 10.2 Å². The normalized spacial score (nSPS) is 10.5. The van der Waals surface area contributed by atoms with Gasteiger partial charge in [0.2, 0.25) is 0 Å². The maximum absolute atomic E-state index is 13.6. The number of nitrogens with two attached hydrogens (primary N) is 1. The van der Waals surface area contributed by atoms with Crippen molar-refractivity contribution in [1.82, 2.24) is 9.97 Å². The molecular formula is C13H15FN4. The average molecular weight is 246 g/mol. The molecule has 0 atom stereocenters. The number of anilines is 1. The minimum Gasteiger partial charge on any atom is -0.306 e. The number of nitrogens with zero attached hydrogens (tertiary/aromatic N) is 2. The predicted octanol–water partition coefficient (Wildman–Crippen LogP) is 2.49. The van der Waals surface area contributed by atoms with Crippen molar-refractivity contribution in [2.24, 2.45) is 5.84 Å². The molecule has 5 heteroatoms. The first-order valence-corrected chi connectivity index (χ1v) is 5.60. The molecule has 0 amide bonds. The lowest BCUT2D eigenvalue weighted by Gasteiger charge is -2.08. The van der Waals surface area contributed by atoms with E-state index in [4.69, 9.17) is 5.84 Å². The Bertz CT molecular complexity index is 576. The zero-order valence-electron chi connectivity index (χ0n) is 10.6. The zero-order valence-corrected chi connectivity index (χ0v) is 10.6. The lowest BCUT2D eigenvalue weighted by atomic mass is 10.1. The molecule has 18 heavy (non-hydrogen) atoms. The fourth-order valence-corrected chi connectivity index (χ4v) is 1.89. The van der Waals surface area contributed by atoms with Crippen LogP contribution in [-0.4, -0.2) is 9.97 Å². The van der Waals surface area contributed by atoms with E-state index in [1.807, 2.05) is 26.0 Å². The molecule has 4 nitrogen and oxygen atoms in total. The van der Waals surface area contributed by atoms with E-state index in [2.05, 4.69) is 21.5 Å². The lowest BCUT2D eigenvalue weighted by molar-refractivity contribution is 0.606. The van der Waals surface area contributed by atoms with Crippen molar-refractivity contribution in [3.63, 3.8) is 0 Å². The third kappa shape index (κ3) is 2.31. The molecule has 1 heterocycles. The third-order valence-corrected chi connectivity index (χ3v) is 2.63. The van der Waals surface area contributed by atoms with Gasteiger partial charge in [-0.2, -0.15) is 0 Å². The number of benzene rings is 1. The van der Waals surface area contributed by atoms with Gasteiger partial charge in [0, 0.05) is 5.56 Å². The maximum Gasteiger partial charge on any atom is 0.187 e. The van der Waals surface area contributed by atoms with Crippen LogP contribution < -0.4 is 11.3 Å². The topological polar surface area (TPSA) is 63.8 Å². The summed E-state index contributed by atoms with van der Waals surface area (Å²) in [7, 11) is 0. The largest absolute Gasteiger partial charge is 0.306 e. The summed E-state index contributed by atoms with van der Waals surface area (Å²) in [5, 5.41) is 0. The highest BCUT2D eigenvalue weighted by Gasteiger charge is 2.12. The summed E-state index contributed by atoms with van der Waals surface area (Å²) in [5.41, 5.74) is 5.59. The molecule has 2 rings (SSSR count). The van der Waals surface area contributed by atoms with E-state index in [9.17, 15) is 4.39 Å². The molecule has 0 saturated carbocycles. The number of aromatic nitrogens is 2. The molecule has 0 radical (unpaired) electrons. The molecule has 0 aliphatic rings. The Balaban J connectivity index is 2.60. The van der Waals surface area contributed by atoms with Gasteiger partial charge in [-0.05, 0) is 32.9 Å². The monoisotopic (exact) mass is 246 g/mol. The predicted molar refractivity (Wildman–Crippen MR) is 69.4 cm³/mol. The molecule has 0 spiro atoms. The SMILES string of the molecule is Cc1cc(C)cc(-c2nc(C)c(F)c(NN)n2)c1. The minimum atomic E-state index is -0.523. The maximum atomic E-state index is 13.6. The first kappa shape index (κ1) is 12.4. The highest BCUT2D eigenvalue weighted by atomic mass is 19.1. The number of rotatable bonds is 2. The molecule has 2 aromatic rings. The second-order valence-electron chi connectivity index (χ2n) is 4.32. The van der Waals surface area contributed by atoms with Crippen LogP contribution in [-0.2, 0) is 0 Å². The number of halogens is 1. The molecule has 3 N–H and O–H groups in total. The van der Waals surface area contributed by atoms with E-state index in [1.54, 1.807) is 6.92 Å². The second-order valence-corrected chi connectivity index (χ2v) is 4.32. The summed E-state index contributed by atoms with van der Waals surface area (Å²) in [4.78, 5) is 8.23. The van der Waals surface area contributed by atoms with Gasteiger partial charge in [-0.15, -0.1) is 0 Å². The van der Waals surface area contributed by atoms with E-state index in [0.29, 0.717) is 5.82 Å². The van der Waals surface area contributed by atoms with E-state index in [0.717, 1.165) is 16.7 Å². The standard InChI is InChI=1S/C13H15FN4/c1-7-4-8(2)6-10(5-7)12-16-9(3)11(14)13(17-12)18-15/h4-6H,15H2,1-3H3,(H,16,17,18). The highest BCUT2D eigenvalue weighted by Crippen LogP contribution is 2.22. The number of nitrogens with one attached hydrogen (secondary N) is 1. The van der Waals surface area contributed by atoms with E-state index in [-0.39, 0.29) is 11.5 Å². The Morgan fingerprint density at radius 2 is 1.67 bits per heavy atom. The molecule has 0 saturated heterocycles. The molecule has 0 fully saturated rings. The van der Waals surface area contributed by atoms with Gasteiger partial charge in [-0.25, -0.2) is 20.2 Å². The van der Waals surface area contributed by atoms with E-state index >= 15 is 0 Å². The molecule has 0 aliphatic heterocycles. The Kier molecular flexibility index (Phi) is 3.25. The van der Waals surface area contributed by atoms with E-state index in [1.165, 1.54) is 0 Å². The molecule has 0 unspecified atom stereocenters. The summed E-state index contributed by atoms with van der Waals surface area (Å²) in [6.45, 7) is 5.58. The van der Waals surface area contributed by atoms with Gasteiger partial charge in [0.1, 0.15) is 0 Å². The number of hydrogen-bond acceptors (Lipinski definition) is 4. The number of hydrazine groups is 1. The summed E-state index contributed by atoms with van der Waals surface area (Å²) in [6, 6.07) is 5.97. The molecule has 1 aromatic heterocycles. The van der Waals surface area contributed by atoms with Gasteiger partial charge in [-0.1, -0.05) is 17.2 Å². The van der Waals surface area contributed by atoms with Crippen LogP contribution in [0.3, 0.4) is 0 Å². The van der Waals surface area contributed by atoms with E-state index < -0.39 is 5.82 Å². The fourth-order valence-electron chi connectivity index (χ4n) is 1.89. The first-order chi connectivity index (χ1) is 8.51. The third-order valence-electron chi connectivity index (χ3n) is 2.63. The molecular weight excluding hydrogens is 231 g/mol. The van der Waals surface area contributed by atoms with Crippen LogP contribution in [0.25, 0.3) is 11.4 Å². The van der Waals surface area contributed by atoms with Crippen LogP contribution in [0.15, 0.2) is 18.2 Å². The summed E-state index contributed by atoms with van der Waals surface area (Å²) < 4.78 is 13.6. The summed E-state index contributed by atoms with van der Waals surface area (Å²) in [6.07, 6.45) is 0. The fraction of sp³-hybridized carbons (Fsp3) is 0.231. The van der Waals surface area contributed by atoms with Crippen molar-refractivity contribution >= 4 is 5.82 Å². The van der Waals surface area contributed by atoms with Crippen LogP contribution in [0, 0.1) is 26.6 Å². The zero-order chi connectivity index (χ0) is 13.3. The average Bonchev–Trinajstić information content (AvgIpc) is 2.31. The van der Waals surface area contributed by atoms with Crippen LogP contribution in [0.5, 0.6) is 0 Å². The Hall–Kier alpha value is -2.01. The van der Waals surface area contributed by atoms with Crippen LogP contribution in [0.1, 0.15) is 16.8 Å². The number of nitrogen functional groups attached to an aromatic ring is 1. The Morgan fingerprint density at radius 1 is 1.06 bits per heavy atom. The highest BCUT2D eigenvalue weighted by molar-refractivity contribution is 5.60. The van der Waals surface area contributed by atoms with Crippen molar-refractivity contribution < 1.29 is 4.39 Å². The molecule has 1 aromatic carbocycles. The Morgan fingerprint density at radius 3 is 2.22 bits per heavy atom. The van der Waals surface area contributed by atoms with Gasteiger partial charge >= 0.3 is 0 Å². The van der Waals surface area contributed by atoms with Gasteiger partial charge in [0.05, 0.1) is 5.69 Å². The first-order valence-electron chi connectivity index (χ1n) is 5.60. The van der Waals surface area contributed by atoms with Crippen LogP contribution >= 0.6 is 0 Å². The molecule has 0 bridgehead atoms. The van der Waals surface area contributed by atoms with Crippen molar-refractivity contribution in [1.29, 1.82) is 0 Å². The quantitative estimate of drug-likeness (QED) is 0.631. The lowest BCUT2D eigenvalue weighted by Crippen LogP contribution is -2.13. The van der Waals surface area contributed by atoms with Gasteiger partial charge in [-0.3, -0.25) is 0 Å². The van der Waals surface area contributed by atoms with Gasteiger partial charge in [0.15, 0.2) is 17.5 Å². The second kappa shape index (κ2) is 4.70. The summed E-state index contributed by atoms with van der Waals surface area (Å²) >= 11 is 0. The molecule has 94 valence electrons. The van der Waals surface area contributed by atoms with Crippen molar-refractivity contribution in [2.75, 3.05) is 5.43 Å². The number of aryl methyl sites for hydroxylation is 3. The van der Waals surface area contributed by atoms with Crippen molar-refractivity contribution in [3.8, 4) is 11.4 Å². The molecule has 0 aliphatic carbocycles. The Labute approximate surface area is 105 Å².